The minimum atomic E-state index is 0.261. The van der Waals surface area contributed by atoms with Gasteiger partial charge in [0.2, 0.25) is 0 Å². The molecule has 2 atom stereocenters. The molecule has 0 aromatic carbocycles. The maximum atomic E-state index is 9.27. The molecule has 0 aliphatic rings. The van der Waals surface area contributed by atoms with E-state index < -0.39 is 0 Å². The van der Waals surface area contributed by atoms with Crippen LogP contribution in [0.15, 0.2) is 0 Å². The summed E-state index contributed by atoms with van der Waals surface area (Å²) in [7, 11) is 0. The Hall–Kier alpha value is -0.0800. The Bertz CT molecular complexity index is 148. The molecule has 0 bridgehead atoms. The van der Waals surface area contributed by atoms with Gasteiger partial charge in [-0.3, -0.25) is 0 Å². The smallest absolute Gasteiger partial charge is 0.0584 e. The van der Waals surface area contributed by atoms with E-state index in [0.29, 0.717) is 12.0 Å². The molecule has 0 aromatic heterocycles. The van der Waals surface area contributed by atoms with Crippen LogP contribution in [0, 0.1) is 5.92 Å². The standard InChI is InChI=1S/C14H31NO/c1-5-6-7-8-9-13(4)15-14(11-16)10-12(2)3/h12-16H,5-11H2,1-4H3. The van der Waals surface area contributed by atoms with Crippen LogP contribution in [0.2, 0.25) is 0 Å². The minimum absolute atomic E-state index is 0.261. The highest BCUT2D eigenvalue weighted by Gasteiger charge is 2.12. The summed E-state index contributed by atoms with van der Waals surface area (Å²) in [6.07, 6.45) is 7.60. The Morgan fingerprint density at radius 1 is 1.06 bits per heavy atom. The molecule has 0 saturated heterocycles. The van der Waals surface area contributed by atoms with Gasteiger partial charge >= 0.3 is 0 Å². The molecule has 0 radical (unpaired) electrons. The molecule has 2 unspecified atom stereocenters. The normalized spacial score (nSPS) is 15.4. The van der Waals surface area contributed by atoms with Gasteiger partial charge < -0.3 is 10.4 Å². The Kier molecular flexibility index (Phi) is 10.0. The van der Waals surface area contributed by atoms with Gasteiger partial charge in [0.25, 0.3) is 0 Å². The third kappa shape index (κ3) is 9.17. The molecule has 16 heavy (non-hydrogen) atoms. The van der Waals surface area contributed by atoms with E-state index in [1.54, 1.807) is 0 Å². The fraction of sp³-hybridized carbons (Fsp3) is 1.00. The second-order valence-electron chi connectivity index (χ2n) is 5.43. The molecule has 0 spiro atoms. The van der Waals surface area contributed by atoms with Gasteiger partial charge in [0.05, 0.1) is 6.61 Å². The number of nitrogens with one attached hydrogen (secondary N) is 1. The Labute approximate surface area is 102 Å². The minimum Gasteiger partial charge on any atom is -0.395 e. The van der Waals surface area contributed by atoms with Crippen LogP contribution in [-0.2, 0) is 0 Å². The number of hydrogen-bond donors (Lipinski definition) is 2. The van der Waals surface area contributed by atoms with Crippen LogP contribution in [0.3, 0.4) is 0 Å². The first kappa shape index (κ1) is 15.9. The van der Waals surface area contributed by atoms with Gasteiger partial charge in [0.15, 0.2) is 0 Å². The summed E-state index contributed by atoms with van der Waals surface area (Å²) >= 11 is 0. The molecule has 0 amide bonds. The quantitative estimate of drug-likeness (QED) is 0.563. The van der Waals surface area contributed by atoms with Crippen LogP contribution in [0.1, 0.15) is 66.2 Å². The maximum Gasteiger partial charge on any atom is 0.0584 e. The first-order chi connectivity index (χ1) is 7.60. The fourth-order valence-electron chi connectivity index (χ4n) is 2.13. The molecular formula is C14H31NO. The van der Waals surface area contributed by atoms with Crippen LogP contribution >= 0.6 is 0 Å². The molecule has 0 aromatic rings. The van der Waals surface area contributed by atoms with Crippen molar-refractivity contribution >= 4 is 0 Å². The predicted molar refractivity (Wildman–Crippen MR) is 71.7 cm³/mol. The van der Waals surface area contributed by atoms with E-state index in [-0.39, 0.29) is 12.6 Å². The van der Waals surface area contributed by atoms with Gasteiger partial charge in [0, 0.05) is 12.1 Å². The third-order valence-corrected chi connectivity index (χ3v) is 2.99. The first-order valence-electron chi connectivity index (χ1n) is 6.97. The highest BCUT2D eigenvalue weighted by Crippen LogP contribution is 2.09. The van der Waals surface area contributed by atoms with Crippen molar-refractivity contribution in [1.29, 1.82) is 0 Å². The number of rotatable bonds is 10. The lowest BCUT2D eigenvalue weighted by molar-refractivity contribution is 0.212. The van der Waals surface area contributed by atoms with Gasteiger partial charge in [-0.2, -0.15) is 0 Å². The topological polar surface area (TPSA) is 32.3 Å². The molecule has 0 fully saturated rings. The monoisotopic (exact) mass is 229 g/mol. The maximum absolute atomic E-state index is 9.27. The lowest BCUT2D eigenvalue weighted by atomic mass is 10.0. The second kappa shape index (κ2) is 10.1. The summed E-state index contributed by atoms with van der Waals surface area (Å²) in [5, 5.41) is 12.8. The van der Waals surface area contributed by atoms with Gasteiger partial charge in [-0.05, 0) is 25.7 Å². The van der Waals surface area contributed by atoms with Gasteiger partial charge in [0.1, 0.15) is 0 Å². The Balaban J connectivity index is 3.61. The van der Waals surface area contributed by atoms with Gasteiger partial charge in [-0.25, -0.2) is 0 Å². The molecule has 0 rings (SSSR count). The molecule has 2 N–H and O–H groups in total. The highest BCUT2D eigenvalue weighted by molar-refractivity contribution is 4.72. The first-order valence-corrected chi connectivity index (χ1v) is 6.97. The molecule has 98 valence electrons. The molecule has 0 aliphatic carbocycles. The zero-order chi connectivity index (χ0) is 12.4. The SMILES string of the molecule is CCCCCCC(C)NC(CO)CC(C)C. The van der Waals surface area contributed by atoms with E-state index in [1.807, 2.05) is 0 Å². The summed E-state index contributed by atoms with van der Waals surface area (Å²) < 4.78 is 0. The van der Waals surface area contributed by atoms with Crippen LogP contribution in [0.25, 0.3) is 0 Å². The van der Waals surface area contributed by atoms with Crippen molar-refractivity contribution in [2.45, 2.75) is 78.3 Å². The Morgan fingerprint density at radius 3 is 2.25 bits per heavy atom. The van der Waals surface area contributed by atoms with E-state index in [2.05, 4.69) is 33.0 Å². The number of aliphatic hydroxyl groups excluding tert-OH is 1. The summed E-state index contributed by atoms with van der Waals surface area (Å²) in [5.41, 5.74) is 0. The molecule has 0 heterocycles. The van der Waals surface area contributed by atoms with Crippen molar-refractivity contribution in [3.63, 3.8) is 0 Å². The largest absolute Gasteiger partial charge is 0.395 e. The zero-order valence-electron chi connectivity index (χ0n) is 11.6. The summed E-state index contributed by atoms with van der Waals surface area (Å²) in [4.78, 5) is 0. The van der Waals surface area contributed by atoms with Crippen molar-refractivity contribution in [1.82, 2.24) is 5.32 Å². The zero-order valence-corrected chi connectivity index (χ0v) is 11.6. The van der Waals surface area contributed by atoms with Gasteiger partial charge in [-0.15, -0.1) is 0 Å². The number of unbranched alkanes of at least 4 members (excludes halogenated alkanes) is 3. The third-order valence-electron chi connectivity index (χ3n) is 2.99. The van der Waals surface area contributed by atoms with Gasteiger partial charge in [-0.1, -0.05) is 46.5 Å². The van der Waals surface area contributed by atoms with E-state index in [4.69, 9.17) is 0 Å². The predicted octanol–water partition coefficient (Wildman–Crippen LogP) is 3.34. The second-order valence-corrected chi connectivity index (χ2v) is 5.43. The lowest BCUT2D eigenvalue weighted by Gasteiger charge is -2.23. The lowest BCUT2D eigenvalue weighted by Crippen LogP contribution is -2.39. The van der Waals surface area contributed by atoms with E-state index >= 15 is 0 Å². The van der Waals surface area contributed by atoms with Crippen molar-refractivity contribution < 1.29 is 5.11 Å². The number of hydrogen-bond acceptors (Lipinski definition) is 2. The highest BCUT2D eigenvalue weighted by atomic mass is 16.3. The fourth-order valence-corrected chi connectivity index (χ4v) is 2.13. The summed E-state index contributed by atoms with van der Waals surface area (Å²) in [6.45, 7) is 9.14. The van der Waals surface area contributed by atoms with Crippen molar-refractivity contribution in [3.8, 4) is 0 Å². The Morgan fingerprint density at radius 2 is 1.75 bits per heavy atom. The number of aliphatic hydroxyl groups is 1. The van der Waals surface area contributed by atoms with E-state index in [9.17, 15) is 5.11 Å². The molecular weight excluding hydrogens is 198 g/mol. The van der Waals surface area contributed by atoms with Crippen LogP contribution in [0.4, 0.5) is 0 Å². The van der Waals surface area contributed by atoms with Crippen LogP contribution in [-0.4, -0.2) is 23.8 Å². The molecule has 0 aliphatic heterocycles. The van der Waals surface area contributed by atoms with Crippen molar-refractivity contribution in [2.75, 3.05) is 6.61 Å². The van der Waals surface area contributed by atoms with E-state index in [1.165, 1.54) is 32.1 Å². The molecule has 2 nitrogen and oxygen atoms in total. The summed E-state index contributed by atoms with van der Waals surface area (Å²) in [5.74, 6) is 0.650. The van der Waals surface area contributed by atoms with Crippen molar-refractivity contribution in [2.24, 2.45) is 5.92 Å². The average molecular weight is 229 g/mol. The molecule has 0 saturated carbocycles. The summed E-state index contributed by atoms with van der Waals surface area (Å²) in [6, 6.07) is 0.814. The average Bonchev–Trinajstić information content (AvgIpc) is 2.23. The van der Waals surface area contributed by atoms with Crippen LogP contribution in [0.5, 0.6) is 0 Å². The molecule has 2 heteroatoms. The van der Waals surface area contributed by atoms with Crippen LogP contribution < -0.4 is 5.32 Å². The van der Waals surface area contributed by atoms with E-state index in [0.717, 1.165) is 6.42 Å². The van der Waals surface area contributed by atoms with Crippen molar-refractivity contribution in [3.05, 3.63) is 0 Å².